The van der Waals surface area contributed by atoms with Crippen LogP contribution in [-0.2, 0) is 0 Å². The largest absolute Gasteiger partial charge is 0.405 e. The van der Waals surface area contributed by atoms with E-state index in [4.69, 9.17) is 0 Å². The number of benzene rings is 1. The van der Waals surface area contributed by atoms with Crippen LogP contribution in [0.1, 0.15) is 48.2 Å². The number of anilines is 2. The number of imidazole rings is 1. The Kier molecular flexibility index (Phi) is 6.90. The molecule has 0 saturated heterocycles. The number of fused-ring (bicyclic) bond motifs is 1. The summed E-state index contributed by atoms with van der Waals surface area (Å²) >= 11 is 0. The number of halogens is 5. The zero-order chi connectivity index (χ0) is 24.3. The average molecular weight is 481 g/mol. The fraction of sp³-hybridized carbons (Fsp3) is 0.391. The summed E-state index contributed by atoms with van der Waals surface area (Å²) in [5.41, 5.74) is 0.833. The molecule has 1 aliphatic carbocycles. The Labute approximate surface area is 192 Å². The van der Waals surface area contributed by atoms with E-state index < -0.39 is 19.1 Å². The summed E-state index contributed by atoms with van der Waals surface area (Å²) in [6.07, 6.45) is -2.61. The van der Waals surface area contributed by atoms with Gasteiger partial charge in [-0.3, -0.25) is 9.20 Å². The smallest absolute Gasteiger partial charge is 0.376 e. The molecule has 0 radical (unpaired) electrons. The van der Waals surface area contributed by atoms with Gasteiger partial charge in [0.15, 0.2) is 0 Å². The number of nitrogens with zero attached hydrogens (tertiary/aromatic N) is 2. The van der Waals surface area contributed by atoms with E-state index in [9.17, 15) is 26.7 Å². The van der Waals surface area contributed by atoms with Gasteiger partial charge in [-0.05, 0) is 62.1 Å². The molecule has 3 N–H and O–H groups in total. The highest BCUT2D eigenvalue weighted by Gasteiger charge is 2.27. The van der Waals surface area contributed by atoms with Gasteiger partial charge in [0.1, 0.15) is 23.7 Å². The van der Waals surface area contributed by atoms with E-state index in [1.54, 1.807) is 16.5 Å². The maximum Gasteiger partial charge on any atom is 0.405 e. The molecule has 11 heteroatoms. The van der Waals surface area contributed by atoms with Crippen LogP contribution in [0.3, 0.4) is 0 Å². The van der Waals surface area contributed by atoms with E-state index in [0.717, 1.165) is 25.7 Å². The van der Waals surface area contributed by atoms with Crippen molar-refractivity contribution >= 4 is 23.1 Å². The second kappa shape index (κ2) is 9.86. The quantitative estimate of drug-likeness (QED) is 0.396. The predicted octanol–water partition coefficient (Wildman–Crippen LogP) is 5.40. The number of hydrogen-bond donors (Lipinski definition) is 3. The van der Waals surface area contributed by atoms with Crippen molar-refractivity contribution in [2.24, 2.45) is 0 Å². The van der Waals surface area contributed by atoms with Crippen LogP contribution in [0.5, 0.6) is 0 Å². The molecule has 1 amide bonds. The number of nitrogens with one attached hydrogen (secondary N) is 3. The van der Waals surface area contributed by atoms with Gasteiger partial charge in [-0.1, -0.05) is 6.07 Å². The first-order chi connectivity index (χ1) is 16.2. The zero-order valence-electron chi connectivity index (χ0n) is 18.1. The molecular formula is C23H24F5N5O. The normalized spacial score (nSPS) is 18.8. The second-order valence-electron chi connectivity index (χ2n) is 8.32. The molecule has 182 valence electrons. The highest BCUT2D eigenvalue weighted by Crippen LogP contribution is 2.25. The summed E-state index contributed by atoms with van der Waals surface area (Å²) in [4.78, 5) is 16.5. The number of carbonyl (C=O) groups is 1. The van der Waals surface area contributed by atoms with Crippen molar-refractivity contribution < 1.29 is 26.7 Å². The third-order valence-corrected chi connectivity index (χ3v) is 5.79. The van der Waals surface area contributed by atoms with Gasteiger partial charge < -0.3 is 16.0 Å². The van der Waals surface area contributed by atoms with E-state index in [0.29, 0.717) is 17.0 Å². The summed E-state index contributed by atoms with van der Waals surface area (Å²) in [5.74, 6) is 0.408. The molecule has 0 spiro atoms. The molecule has 0 unspecified atom stereocenters. The number of rotatable bonds is 7. The average Bonchev–Trinajstić information content (AvgIpc) is 3.25. The number of hydrogen-bond acceptors (Lipinski definition) is 4. The Hall–Kier alpha value is -3.37. The van der Waals surface area contributed by atoms with Gasteiger partial charge in [0.05, 0.1) is 0 Å². The molecule has 0 aliphatic heterocycles. The van der Waals surface area contributed by atoms with Gasteiger partial charge in [-0.2, -0.15) is 13.2 Å². The second-order valence-corrected chi connectivity index (χ2v) is 8.32. The number of alkyl halides is 5. The number of carbonyl (C=O) groups excluding carboxylic acids is 1. The Morgan fingerprint density at radius 3 is 2.35 bits per heavy atom. The van der Waals surface area contributed by atoms with Gasteiger partial charge in [0.2, 0.25) is 0 Å². The van der Waals surface area contributed by atoms with Crippen molar-refractivity contribution in [2.75, 3.05) is 17.2 Å². The highest BCUT2D eigenvalue weighted by molar-refractivity contribution is 5.94. The van der Waals surface area contributed by atoms with Gasteiger partial charge in [-0.25, -0.2) is 13.8 Å². The van der Waals surface area contributed by atoms with Crippen molar-refractivity contribution in [1.29, 1.82) is 0 Å². The Morgan fingerprint density at radius 2 is 1.71 bits per heavy atom. The molecule has 1 saturated carbocycles. The third-order valence-electron chi connectivity index (χ3n) is 5.79. The van der Waals surface area contributed by atoms with Crippen molar-refractivity contribution in [2.45, 2.75) is 50.4 Å². The molecule has 6 nitrogen and oxygen atoms in total. The predicted molar refractivity (Wildman–Crippen MR) is 118 cm³/mol. The first-order valence-corrected chi connectivity index (χ1v) is 10.9. The maximum absolute atomic E-state index is 13.0. The Morgan fingerprint density at radius 1 is 1.03 bits per heavy atom. The minimum Gasteiger partial charge on any atom is -0.376 e. The lowest BCUT2D eigenvalue weighted by Crippen LogP contribution is -2.40. The van der Waals surface area contributed by atoms with E-state index in [1.807, 2.05) is 6.07 Å². The van der Waals surface area contributed by atoms with Gasteiger partial charge in [0, 0.05) is 29.5 Å². The molecule has 0 atom stereocenters. The van der Waals surface area contributed by atoms with Crippen LogP contribution in [-0.4, -0.2) is 40.1 Å². The van der Waals surface area contributed by atoms with Crippen LogP contribution in [0.15, 0.2) is 48.7 Å². The minimum absolute atomic E-state index is 0.0249. The number of amides is 1. The molecule has 3 aromatic rings. The summed E-state index contributed by atoms with van der Waals surface area (Å²) in [6, 6.07) is 11.2. The SMILES string of the molecule is O=C(NC1CCC(Nc2cccc3nc(C(F)F)cn23)CC1)c1ccc(NCC(F)(F)F)cc1. The lowest BCUT2D eigenvalue weighted by Gasteiger charge is -2.30. The van der Waals surface area contributed by atoms with Crippen LogP contribution < -0.4 is 16.0 Å². The molecule has 2 aromatic heterocycles. The fourth-order valence-corrected chi connectivity index (χ4v) is 4.05. The summed E-state index contributed by atoms with van der Waals surface area (Å²) < 4.78 is 64.5. The monoisotopic (exact) mass is 481 g/mol. The topological polar surface area (TPSA) is 70.5 Å². The zero-order valence-corrected chi connectivity index (χ0v) is 18.1. The van der Waals surface area contributed by atoms with Crippen LogP contribution in [0.25, 0.3) is 5.65 Å². The van der Waals surface area contributed by atoms with E-state index in [1.165, 1.54) is 30.5 Å². The highest BCUT2D eigenvalue weighted by atomic mass is 19.4. The minimum atomic E-state index is -4.32. The van der Waals surface area contributed by atoms with Crippen molar-refractivity contribution in [3.05, 3.63) is 59.9 Å². The molecule has 2 heterocycles. The Balaban J connectivity index is 1.28. The molecule has 0 bridgehead atoms. The molecule has 34 heavy (non-hydrogen) atoms. The van der Waals surface area contributed by atoms with E-state index >= 15 is 0 Å². The third kappa shape index (κ3) is 5.95. The van der Waals surface area contributed by atoms with Crippen molar-refractivity contribution in [1.82, 2.24) is 14.7 Å². The number of pyridine rings is 1. The standard InChI is InChI=1S/C23H24F5N5O/c24-21(25)18-12-33-19(2-1-3-20(33)32-18)30-16-8-10-17(11-9-16)31-22(34)14-4-6-15(7-5-14)29-13-23(26,27)28/h1-7,12,16-17,21,29-30H,8-11,13H2,(H,31,34). The van der Waals surface area contributed by atoms with E-state index in [-0.39, 0.29) is 29.4 Å². The van der Waals surface area contributed by atoms with E-state index in [2.05, 4.69) is 20.9 Å². The Bertz CT molecular complexity index is 1120. The van der Waals surface area contributed by atoms with Crippen LogP contribution in [0, 0.1) is 0 Å². The van der Waals surface area contributed by atoms with Crippen molar-refractivity contribution in [3.8, 4) is 0 Å². The lowest BCUT2D eigenvalue weighted by atomic mass is 9.91. The first kappa shape index (κ1) is 23.8. The molecule has 1 aromatic carbocycles. The molecule has 1 aliphatic rings. The molecular weight excluding hydrogens is 457 g/mol. The number of aromatic nitrogens is 2. The summed E-state index contributed by atoms with van der Waals surface area (Å²) in [7, 11) is 0. The van der Waals surface area contributed by atoms with Crippen LogP contribution in [0.4, 0.5) is 33.5 Å². The van der Waals surface area contributed by atoms with Crippen LogP contribution >= 0.6 is 0 Å². The van der Waals surface area contributed by atoms with Crippen molar-refractivity contribution in [3.63, 3.8) is 0 Å². The van der Waals surface area contributed by atoms with Gasteiger partial charge in [0.25, 0.3) is 12.3 Å². The molecule has 4 rings (SSSR count). The van der Waals surface area contributed by atoms with Gasteiger partial charge in [-0.15, -0.1) is 0 Å². The molecule has 1 fully saturated rings. The van der Waals surface area contributed by atoms with Gasteiger partial charge >= 0.3 is 6.18 Å². The summed E-state index contributed by atoms with van der Waals surface area (Å²) in [6.45, 7) is -1.14. The van der Waals surface area contributed by atoms with Crippen LogP contribution in [0.2, 0.25) is 0 Å². The fourth-order valence-electron chi connectivity index (χ4n) is 4.05. The lowest BCUT2D eigenvalue weighted by molar-refractivity contribution is -0.115. The maximum atomic E-state index is 13.0. The summed E-state index contributed by atoms with van der Waals surface area (Å²) in [5, 5.41) is 8.63. The first-order valence-electron chi connectivity index (χ1n) is 10.9.